The van der Waals surface area contributed by atoms with E-state index in [0.29, 0.717) is 0 Å². The Morgan fingerprint density at radius 2 is 1.73 bits per heavy atom. The summed E-state index contributed by atoms with van der Waals surface area (Å²) in [7, 11) is 9.78. The number of aryl methyl sites for hydroxylation is 1. The molecular formula is C12H14Cl2Ti. The van der Waals surface area contributed by atoms with Gasteiger partial charge in [-0.05, 0) is 49.5 Å². The second-order valence-electron chi connectivity index (χ2n) is 3.76. The van der Waals surface area contributed by atoms with E-state index in [0.717, 1.165) is 6.42 Å². The summed E-state index contributed by atoms with van der Waals surface area (Å²) in [6, 6.07) is 6.59. The Hall–Kier alpha value is 0.254. The number of hydrogen-bond donors (Lipinski definition) is 0. The zero-order chi connectivity index (χ0) is 11.4. The molecule has 1 aliphatic carbocycles. The molecule has 0 atom stereocenters. The molecule has 0 N–H and O–H groups in total. The van der Waals surface area contributed by atoms with Crippen LogP contribution in [-0.4, -0.2) is 0 Å². The molecule has 0 nitrogen and oxygen atoms in total. The molecule has 80 valence electrons. The van der Waals surface area contributed by atoms with E-state index in [4.69, 9.17) is 18.6 Å². The molecule has 3 heteroatoms. The van der Waals surface area contributed by atoms with Crippen LogP contribution in [0.2, 0.25) is 0 Å². The third-order valence-corrected chi connectivity index (χ3v) is 2.83. The monoisotopic (exact) mass is 276 g/mol. The molecular weight excluding hydrogens is 263 g/mol. The normalized spacial score (nSPS) is 13.1. The van der Waals surface area contributed by atoms with E-state index in [1.54, 1.807) is 0 Å². The molecule has 0 radical (unpaired) electrons. The van der Waals surface area contributed by atoms with Crippen molar-refractivity contribution in [2.45, 2.75) is 27.2 Å². The fraction of sp³-hybridized carbons (Fsp3) is 0.333. The molecule has 0 saturated carbocycles. The van der Waals surface area contributed by atoms with Gasteiger partial charge in [0.25, 0.3) is 0 Å². The van der Waals surface area contributed by atoms with Gasteiger partial charge in [-0.25, -0.2) is 0 Å². The number of benzene rings is 1. The van der Waals surface area contributed by atoms with E-state index in [1.165, 1.54) is 27.8 Å². The van der Waals surface area contributed by atoms with Crippen molar-refractivity contribution in [1.29, 1.82) is 0 Å². The molecule has 1 aromatic rings. The molecule has 0 fully saturated rings. The molecule has 0 aliphatic heterocycles. The Kier molecular flexibility index (Phi) is 5.42. The average molecular weight is 277 g/mol. The first-order valence-electron chi connectivity index (χ1n) is 4.83. The van der Waals surface area contributed by atoms with Crippen LogP contribution in [0, 0.1) is 6.92 Å². The Bertz CT molecular complexity index is 383. The summed E-state index contributed by atoms with van der Waals surface area (Å²) in [6.07, 6.45) is 1.16. The Balaban J connectivity index is 0.000000337. The Morgan fingerprint density at radius 1 is 1.13 bits per heavy atom. The second-order valence-corrected chi connectivity index (χ2v) is 6.34. The van der Waals surface area contributed by atoms with Gasteiger partial charge in [-0.1, -0.05) is 23.8 Å². The van der Waals surface area contributed by atoms with Crippen molar-refractivity contribution in [1.82, 2.24) is 0 Å². The van der Waals surface area contributed by atoms with Crippen LogP contribution in [-0.2, 0) is 23.5 Å². The van der Waals surface area contributed by atoms with Crippen LogP contribution in [0.5, 0.6) is 0 Å². The Morgan fingerprint density at radius 3 is 2.27 bits per heavy atom. The molecule has 1 aromatic carbocycles. The van der Waals surface area contributed by atoms with Crippen molar-refractivity contribution in [2.24, 2.45) is 0 Å². The third-order valence-electron chi connectivity index (χ3n) is 2.83. The zero-order valence-electron chi connectivity index (χ0n) is 9.20. The van der Waals surface area contributed by atoms with Crippen LogP contribution >= 0.6 is 18.6 Å². The van der Waals surface area contributed by atoms with Crippen molar-refractivity contribution in [3.05, 3.63) is 40.5 Å². The maximum atomic E-state index is 4.89. The summed E-state index contributed by atoms with van der Waals surface area (Å²) < 4.78 is 0. The van der Waals surface area contributed by atoms with Crippen LogP contribution in [0.4, 0.5) is 0 Å². The predicted octanol–water partition coefficient (Wildman–Crippen LogP) is 4.72. The number of allylic oxidation sites excluding steroid dienone is 2. The van der Waals surface area contributed by atoms with Crippen molar-refractivity contribution >= 4 is 24.2 Å². The molecule has 0 unspecified atom stereocenters. The fourth-order valence-electron chi connectivity index (χ4n) is 2.04. The minimum atomic E-state index is -0.556. The van der Waals surface area contributed by atoms with Gasteiger partial charge in [0.1, 0.15) is 0 Å². The van der Waals surface area contributed by atoms with Crippen molar-refractivity contribution < 1.29 is 17.0 Å². The number of hydrogen-bond acceptors (Lipinski definition) is 0. The molecule has 0 heterocycles. The quantitative estimate of drug-likeness (QED) is 0.602. The van der Waals surface area contributed by atoms with Crippen molar-refractivity contribution in [2.75, 3.05) is 0 Å². The Labute approximate surface area is 108 Å². The van der Waals surface area contributed by atoms with Gasteiger partial charge in [-0.15, -0.1) is 0 Å². The molecule has 0 amide bonds. The van der Waals surface area contributed by atoms with E-state index < -0.39 is 17.0 Å². The SMILES string of the molecule is CC1=C(C)c2c(C)cccc2C1.[Cl][Ti][Cl]. The number of halogens is 2. The molecule has 2 rings (SSSR count). The molecule has 0 spiro atoms. The summed E-state index contributed by atoms with van der Waals surface area (Å²) in [4.78, 5) is 0. The van der Waals surface area contributed by atoms with Crippen LogP contribution in [0.1, 0.15) is 30.5 Å². The van der Waals surface area contributed by atoms with Gasteiger partial charge in [0.05, 0.1) is 0 Å². The molecule has 0 bridgehead atoms. The number of rotatable bonds is 0. The van der Waals surface area contributed by atoms with Gasteiger partial charge in [0.15, 0.2) is 0 Å². The summed E-state index contributed by atoms with van der Waals surface area (Å²) >= 11 is -0.556. The molecule has 0 saturated heterocycles. The van der Waals surface area contributed by atoms with Crippen LogP contribution in [0.3, 0.4) is 0 Å². The van der Waals surface area contributed by atoms with Crippen LogP contribution < -0.4 is 0 Å². The standard InChI is InChI=1S/C12H14.2ClH.Ti/c1-8-5-4-6-11-7-9(2)10(3)12(8)11;;;/h4-6H,7H2,1-3H3;2*1H;/q;;;+2/p-2. The van der Waals surface area contributed by atoms with Gasteiger partial charge in [0, 0.05) is 0 Å². The predicted molar refractivity (Wildman–Crippen MR) is 64.9 cm³/mol. The van der Waals surface area contributed by atoms with Gasteiger partial charge in [-0.2, -0.15) is 0 Å². The van der Waals surface area contributed by atoms with Crippen LogP contribution in [0.25, 0.3) is 5.57 Å². The van der Waals surface area contributed by atoms with Crippen molar-refractivity contribution in [3.8, 4) is 0 Å². The topological polar surface area (TPSA) is 0 Å². The van der Waals surface area contributed by atoms with Gasteiger partial charge < -0.3 is 0 Å². The number of fused-ring (bicyclic) bond motifs is 1. The van der Waals surface area contributed by atoms with Crippen molar-refractivity contribution in [3.63, 3.8) is 0 Å². The third kappa shape index (κ3) is 3.11. The zero-order valence-corrected chi connectivity index (χ0v) is 12.3. The average Bonchev–Trinajstić information content (AvgIpc) is 2.45. The molecule has 15 heavy (non-hydrogen) atoms. The van der Waals surface area contributed by atoms with Gasteiger partial charge in [-0.3, -0.25) is 0 Å². The second kappa shape index (κ2) is 6.10. The molecule has 0 aromatic heterocycles. The van der Waals surface area contributed by atoms with Gasteiger partial charge >= 0.3 is 35.6 Å². The van der Waals surface area contributed by atoms with E-state index in [-0.39, 0.29) is 0 Å². The summed E-state index contributed by atoms with van der Waals surface area (Å²) in [5.41, 5.74) is 7.43. The fourth-order valence-corrected chi connectivity index (χ4v) is 2.04. The van der Waals surface area contributed by atoms with E-state index >= 15 is 0 Å². The molecule has 1 aliphatic rings. The van der Waals surface area contributed by atoms with E-state index in [2.05, 4.69) is 39.0 Å². The van der Waals surface area contributed by atoms with Crippen LogP contribution in [0.15, 0.2) is 23.8 Å². The van der Waals surface area contributed by atoms with E-state index in [1.807, 2.05) is 0 Å². The minimum absolute atomic E-state index is 0.556. The van der Waals surface area contributed by atoms with Gasteiger partial charge in [0.2, 0.25) is 0 Å². The first kappa shape index (κ1) is 13.3. The maximum absolute atomic E-state index is 4.89. The summed E-state index contributed by atoms with van der Waals surface area (Å²) in [5.74, 6) is 0. The van der Waals surface area contributed by atoms with E-state index in [9.17, 15) is 0 Å². The first-order valence-corrected chi connectivity index (χ1v) is 9.13. The first-order chi connectivity index (χ1) is 7.11. The summed E-state index contributed by atoms with van der Waals surface area (Å²) in [5, 5.41) is 0. The summed E-state index contributed by atoms with van der Waals surface area (Å²) in [6.45, 7) is 6.66.